The molecule has 0 fully saturated rings. The summed E-state index contributed by atoms with van der Waals surface area (Å²) in [4.78, 5) is 26.1. The van der Waals surface area contributed by atoms with Crippen molar-refractivity contribution in [2.45, 2.75) is 44.9 Å². The van der Waals surface area contributed by atoms with Crippen molar-refractivity contribution in [3.05, 3.63) is 113 Å². The Bertz CT molecular complexity index is 1600. The molecule has 0 spiro atoms. The van der Waals surface area contributed by atoms with Crippen LogP contribution in [0.25, 0.3) is 10.8 Å². The molecule has 4 aromatic carbocycles. The Kier molecular flexibility index (Phi) is 6.65. The second-order valence-corrected chi connectivity index (χ2v) is 10.1. The van der Waals surface area contributed by atoms with E-state index < -0.39 is 0 Å². The van der Waals surface area contributed by atoms with Crippen molar-refractivity contribution in [3.63, 3.8) is 0 Å². The number of allylic oxidation sites excluding steroid dienone is 2. The number of ketones is 1. The highest BCUT2D eigenvalue weighted by Gasteiger charge is 2.39. The highest BCUT2D eigenvalue weighted by Crippen LogP contribution is 2.51. The van der Waals surface area contributed by atoms with Gasteiger partial charge in [-0.3, -0.25) is 9.59 Å². The van der Waals surface area contributed by atoms with Gasteiger partial charge in [0.05, 0.1) is 6.61 Å². The smallest absolute Gasteiger partial charge is 0.311 e. The monoisotopic (exact) mass is 517 g/mol. The standard InChI is InChI=1S/C34H31NO4/c1-3-31(37)39-29-17-15-23(20-30(29)38-4-2)32-33-25-13-9-8-12-22(25)14-16-26(33)35-27-18-24(19-28(36)34(27)32)21-10-6-5-7-11-21/h5-17,20,24,32,35H,3-4,18-19H2,1-2H3/t24-,32-/m1/s1. The fraction of sp³-hybridized carbons (Fsp3) is 0.235. The first-order chi connectivity index (χ1) is 19.1. The fourth-order valence-electron chi connectivity index (χ4n) is 5.95. The second kappa shape index (κ2) is 10.4. The minimum absolute atomic E-state index is 0.127. The lowest BCUT2D eigenvalue weighted by Crippen LogP contribution is -2.30. The normalized spacial score (nSPS) is 18.3. The van der Waals surface area contributed by atoms with Crippen molar-refractivity contribution < 1.29 is 19.1 Å². The first kappa shape index (κ1) is 24.9. The number of hydrogen-bond donors (Lipinski definition) is 1. The molecule has 6 rings (SSSR count). The lowest BCUT2D eigenvalue weighted by molar-refractivity contribution is -0.134. The van der Waals surface area contributed by atoms with E-state index in [0.29, 0.717) is 24.5 Å². The van der Waals surface area contributed by atoms with Crippen molar-refractivity contribution >= 4 is 28.2 Å². The average Bonchev–Trinajstić information content (AvgIpc) is 2.97. The zero-order valence-electron chi connectivity index (χ0n) is 22.2. The van der Waals surface area contributed by atoms with Gasteiger partial charge in [-0.2, -0.15) is 0 Å². The minimum Gasteiger partial charge on any atom is -0.490 e. The summed E-state index contributed by atoms with van der Waals surface area (Å²) in [7, 11) is 0. The van der Waals surface area contributed by atoms with Crippen LogP contribution in [0.5, 0.6) is 11.5 Å². The molecule has 5 heteroatoms. The number of anilines is 1. The molecule has 5 nitrogen and oxygen atoms in total. The summed E-state index contributed by atoms with van der Waals surface area (Å²) in [5.74, 6) is 0.587. The summed E-state index contributed by atoms with van der Waals surface area (Å²) in [6.45, 7) is 4.09. The van der Waals surface area contributed by atoms with E-state index in [1.807, 2.05) is 49.4 Å². The summed E-state index contributed by atoms with van der Waals surface area (Å²) in [5, 5.41) is 5.89. The van der Waals surface area contributed by atoms with Crippen molar-refractivity contribution in [1.29, 1.82) is 0 Å². The molecule has 0 unspecified atom stereocenters. The van der Waals surface area contributed by atoms with E-state index >= 15 is 0 Å². The third-order valence-corrected chi connectivity index (χ3v) is 7.73. The summed E-state index contributed by atoms with van der Waals surface area (Å²) in [6, 6.07) is 28.5. The Morgan fingerprint density at radius 1 is 0.872 bits per heavy atom. The number of esters is 1. The van der Waals surface area contributed by atoms with Gasteiger partial charge in [-0.05, 0) is 64.9 Å². The van der Waals surface area contributed by atoms with Crippen LogP contribution >= 0.6 is 0 Å². The summed E-state index contributed by atoms with van der Waals surface area (Å²) >= 11 is 0. The fourth-order valence-corrected chi connectivity index (χ4v) is 5.95. The number of nitrogens with one attached hydrogen (secondary N) is 1. The number of ether oxygens (including phenoxy) is 2. The molecule has 1 aliphatic carbocycles. The molecule has 2 atom stereocenters. The molecule has 39 heavy (non-hydrogen) atoms. The van der Waals surface area contributed by atoms with Crippen LogP contribution in [-0.2, 0) is 9.59 Å². The zero-order chi connectivity index (χ0) is 26.9. The molecule has 0 saturated heterocycles. The lowest BCUT2D eigenvalue weighted by atomic mass is 9.71. The SMILES string of the molecule is CCOc1cc([C@H]2C3=C(C[C@@H](c4ccccc4)CC3=O)Nc3ccc4ccccc4c32)ccc1OC(=O)CC. The number of carbonyl (C=O) groups excluding carboxylic acids is 2. The van der Waals surface area contributed by atoms with Gasteiger partial charge in [0, 0.05) is 35.7 Å². The maximum atomic E-state index is 14.0. The van der Waals surface area contributed by atoms with E-state index in [1.165, 1.54) is 5.56 Å². The number of benzene rings is 4. The summed E-state index contributed by atoms with van der Waals surface area (Å²) in [5.41, 5.74) is 6.00. The molecule has 0 aromatic heterocycles. The Hall–Kier alpha value is -4.38. The lowest BCUT2D eigenvalue weighted by Gasteiger charge is -2.37. The van der Waals surface area contributed by atoms with E-state index in [-0.39, 0.29) is 30.0 Å². The largest absolute Gasteiger partial charge is 0.490 e. The highest BCUT2D eigenvalue weighted by molar-refractivity contribution is 6.04. The molecule has 0 saturated carbocycles. The van der Waals surface area contributed by atoms with Crippen LogP contribution in [0.3, 0.4) is 0 Å². The number of fused-ring (bicyclic) bond motifs is 3. The second-order valence-electron chi connectivity index (χ2n) is 10.1. The van der Waals surface area contributed by atoms with Crippen LogP contribution in [-0.4, -0.2) is 18.4 Å². The third-order valence-electron chi connectivity index (χ3n) is 7.73. The number of hydrogen-bond acceptors (Lipinski definition) is 5. The predicted octanol–water partition coefficient (Wildman–Crippen LogP) is 7.51. The quantitative estimate of drug-likeness (QED) is 0.212. The number of Topliss-reactive ketones (excluding diaryl/α,β-unsaturated/α-hetero) is 1. The van der Waals surface area contributed by atoms with Crippen molar-refractivity contribution in [2.75, 3.05) is 11.9 Å². The molecular formula is C34H31NO4. The van der Waals surface area contributed by atoms with Gasteiger partial charge in [-0.1, -0.05) is 73.7 Å². The molecule has 1 heterocycles. The molecule has 4 aromatic rings. The van der Waals surface area contributed by atoms with Crippen LogP contribution in [0, 0.1) is 0 Å². The number of carbonyl (C=O) groups is 2. The van der Waals surface area contributed by atoms with Gasteiger partial charge in [-0.15, -0.1) is 0 Å². The van der Waals surface area contributed by atoms with Crippen LogP contribution in [0.1, 0.15) is 61.6 Å². The van der Waals surface area contributed by atoms with Gasteiger partial charge in [0.15, 0.2) is 17.3 Å². The van der Waals surface area contributed by atoms with E-state index in [1.54, 1.807) is 13.0 Å². The molecule has 0 amide bonds. The number of rotatable bonds is 6. The van der Waals surface area contributed by atoms with Crippen molar-refractivity contribution in [3.8, 4) is 11.5 Å². The first-order valence-corrected chi connectivity index (χ1v) is 13.6. The molecule has 196 valence electrons. The van der Waals surface area contributed by atoms with E-state index in [4.69, 9.17) is 9.47 Å². The molecule has 0 bridgehead atoms. The van der Waals surface area contributed by atoms with Crippen LogP contribution < -0.4 is 14.8 Å². The van der Waals surface area contributed by atoms with Crippen LogP contribution in [0.4, 0.5) is 5.69 Å². The zero-order valence-corrected chi connectivity index (χ0v) is 22.2. The van der Waals surface area contributed by atoms with Crippen LogP contribution in [0.15, 0.2) is 96.2 Å². The molecule has 0 radical (unpaired) electrons. The first-order valence-electron chi connectivity index (χ1n) is 13.6. The Balaban J connectivity index is 1.53. The summed E-state index contributed by atoms with van der Waals surface area (Å²) in [6.07, 6.45) is 1.50. The average molecular weight is 518 g/mol. The van der Waals surface area contributed by atoms with Crippen molar-refractivity contribution in [1.82, 2.24) is 0 Å². The van der Waals surface area contributed by atoms with E-state index in [2.05, 4.69) is 41.7 Å². The van der Waals surface area contributed by atoms with Gasteiger partial charge >= 0.3 is 5.97 Å². The van der Waals surface area contributed by atoms with Gasteiger partial charge in [0.1, 0.15) is 0 Å². The minimum atomic E-state index is -0.318. The molecule has 2 aliphatic rings. The Labute approximate surface area is 228 Å². The van der Waals surface area contributed by atoms with Gasteiger partial charge < -0.3 is 14.8 Å². The van der Waals surface area contributed by atoms with Crippen LogP contribution in [0.2, 0.25) is 0 Å². The van der Waals surface area contributed by atoms with Gasteiger partial charge in [-0.25, -0.2) is 0 Å². The van der Waals surface area contributed by atoms with Gasteiger partial charge in [0.2, 0.25) is 0 Å². The highest BCUT2D eigenvalue weighted by atomic mass is 16.6. The van der Waals surface area contributed by atoms with E-state index in [0.717, 1.165) is 45.3 Å². The Morgan fingerprint density at radius 3 is 2.46 bits per heavy atom. The van der Waals surface area contributed by atoms with E-state index in [9.17, 15) is 9.59 Å². The maximum Gasteiger partial charge on any atom is 0.311 e. The maximum absolute atomic E-state index is 14.0. The van der Waals surface area contributed by atoms with Gasteiger partial charge in [0.25, 0.3) is 0 Å². The third kappa shape index (κ3) is 4.59. The topological polar surface area (TPSA) is 64.6 Å². The molecular weight excluding hydrogens is 486 g/mol. The summed E-state index contributed by atoms with van der Waals surface area (Å²) < 4.78 is 11.5. The predicted molar refractivity (Wildman–Crippen MR) is 153 cm³/mol. The molecule has 1 N–H and O–H groups in total. The Morgan fingerprint density at radius 2 is 1.67 bits per heavy atom. The molecule has 1 aliphatic heterocycles. The van der Waals surface area contributed by atoms with Crippen molar-refractivity contribution in [2.24, 2.45) is 0 Å².